The van der Waals surface area contributed by atoms with E-state index in [-0.39, 0.29) is 0 Å². The monoisotopic (exact) mass is 297 g/mol. The van der Waals surface area contributed by atoms with E-state index in [1.54, 1.807) is 0 Å². The van der Waals surface area contributed by atoms with Gasteiger partial charge in [0.05, 0.1) is 6.10 Å². The minimum atomic E-state index is 0.404. The molecule has 0 aromatic heterocycles. The number of guanidine groups is 1. The Bertz CT molecular complexity index is 317. The smallest absolute Gasteiger partial charge is 0.193 e. The highest BCUT2D eigenvalue weighted by atomic mass is 16.5. The average molecular weight is 297 g/mol. The third kappa shape index (κ3) is 5.83. The molecule has 122 valence electrons. The summed E-state index contributed by atoms with van der Waals surface area (Å²) < 4.78 is 11.2. The Morgan fingerprint density at radius 1 is 1.33 bits per heavy atom. The van der Waals surface area contributed by atoms with Crippen molar-refractivity contribution in [3.05, 3.63) is 0 Å². The number of aliphatic imine (C=N–C) groups is 1. The predicted octanol–water partition coefficient (Wildman–Crippen LogP) is 1.88. The average Bonchev–Trinajstić information content (AvgIpc) is 2.52. The molecule has 21 heavy (non-hydrogen) atoms. The number of ether oxygens (including phenoxy) is 2. The van der Waals surface area contributed by atoms with E-state index in [0.29, 0.717) is 6.10 Å². The van der Waals surface area contributed by atoms with Gasteiger partial charge in [-0.05, 0) is 38.0 Å². The Labute approximate surface area is 129 Å². The van der Waals surface area contributed by atoms with Crippen molar-refractivity contribution in [2.24, 2.45) is 10.9 Å². The van der Waals surface area contributed by atoms with E-state index in [4.69, 9.17) is 9.47 Å². The molecule has 0 aromatic carbocycles. The van der Waals surface area contributed by atoms with Crippen LogP contribution in [0.5, 0.6) is 0 Å². The molecule has 0 bridgehead atoms. The van der Waals surface area contributed by atoms with Gasteiger partial charge in [0.25, 0.3) is 0 Å². The molecule has 2 aliphatic heterocycles. The summed E-state index contributed by atoms with van der Waals surface area (Å²) in [5, 5.41) is 3.47. The van der Waals surface area contributed by atoms with Crippen LogP contribution < -0.4 is 5.32 Å². The van der Waals surface area contributed by atoms with Crippen LogP contribution in [-0.4, -0.2) is 63.5 Å². The molecule has 0 radical (unpaired) electrons. The number of hydrogen-bond donors (Lipinski definition) is 1. The lowest BCUT2D eigenvalue weighted by molar-refractivity contribution is -0.0320. The van der Waals surface area contributed by atoms with Gasteiger partial charge >= 0.3 is 0 Å². The maximum Gasteiger partial charge on any atom is 0.193 e. The second kappa shape index (κ2) is 9.26. The van der Waals surface area contributed by atoms with Crippen molar-refractivity contribution in [3.63, 3.8) is 0 Å². The fourth-order valence-corrected chi connectivity index (χ4v) is 3.08. The van der Waals surface area contributed by atoms with Gasteiger partial charge in [-0.2, -0.15) is 0 Å². The Balaban J connectivity index is 1.57. The molecule has 1 N–H and O–H groups in total. The summed E-state index contributed by atoms with van der Waals surface area (Å²) in [4.78, 5) is 6.79. The first-order chi connectivity index (χ1) is 10.3. The molecule has 1 unspecified atom stereocenters. The lowest BCUT2D eigenvalue weighted by Gasteiger charge is -2.33. The fraction of sp³-hybridized carbons (Fsp3) is 0.938. The van der Waals surface area contributed by atoms with Crippen LogP contribution in [0.2, 0.25) is 0 Å². The maximum atomic E-state index is 5.89. The molecule has 0 amide bonds. The topological polar surface area (TPSA) is 46.1 Å². The van der Waals surface area contributed by atoms with Crippen molar-refractivity contribution >= 4 is 5.96 Å². The van der Waals surface area contributed by atoms with Gasteiger partial charge < -0.3 is 19.7 Å². The second-order valence-corrected chi connectivity index (χ2v) is 6.20. The summed E-state index contributed by atoms with van der Waals surface area (Å²) in [5.74, 6) is 1.82. The van der Waals surface area contributed by atoms with Gasteiger partial charge in [-0.25, -0.2) is 0 Å². The second-order valence-electron chi connectivity index (χ2n) is 6.20. The van der Waals surface area contributed by atoms with Gasteiger partial charge in [-0.15, -0.1) is 0 Å². The summed E-state index contributed by atoms with van der Waals surface area (Å²) >= 11 is 0. The lowest BCUT2D eigenvalue weighted by Crippen LogP contribution is -2.46. The van der Waals surface area contributed by atoms with Gasteiger partial charge in [0.15, 0.2) is 5.96 Å². The lowest BCUT2D eigenvalue weighted by atomic mass is 10.0. The quantitative estimate of drug-likeness (QED) is 0.478. The van der Waals surface area contributed by atoms with Crippen LogP contribution in [-0.2, 0) is 9.47 Å². The largest absolute Gasteiger partial charge is 0.381 e. The molecule has 1 atom stereocenters. The first kappa shape index (κ1) is 16.6. The van der Waals surface area contributed by atoms with Crippen LogP contribution in [0.3, 0.4) is 0 Å². The zero-order valence-corrected chi connectivity index (χ0v) is 13.6. The highest BCUT2D eigenvalue weighted by Gasteiger charge is 2.19. The third-order valence-electron chi connectivity index (χ3n) is 4.29. The summed E-state index contributed by atoms with van der Waals surface area (Å²) in [7, 11) is 1.88. The number of hydrogen-bond acceptors (Lipinski definition) is 3. The fourth-order valence-electron chi connectivity index (χ4n) is 3.08. The molecule has 5 heteroatoms. The molecule has 5 nitrogen and oxygen atoms in total. The van der Waals surface area contributed by atoms with Crippen LogP contribution in [0.15, 0.2) is 4.99 Å². The molecule has 2 rings (SSSR count). The minimum absolute atomic E-state index is 0.404. The Morgan fingerprint density at radius 3 is 2.86 bits per heavy atom. The van der Waals surface area contributed by atoms with Crippen molar-refractivity contribution in [2.75, 3.05) is 46.5 Å². The molecule has 0 aliphatic carbocycles. The van der Waals surface area contributed by atoms with E-state index < -0.39 is 0 Å². The van der Waals surface area contributed by atoms with E-state index in [0.717, 1.165) is 70.6 Å². The van der Waals surface area contributed by atoms with Crippen LogP contribution in [0.25, 0.3) is 0 Å². The number of likely N-dealkylation sites (tertiary alicyclic amines) is 1. The molecular formula is C16H31N3O2. The van der Waals surface area contributed by atoms with Crippen molar-refractivity contribution in [2.45, 2.75) is 45.1 Å². The first-order valence-corrected chi connectivity index (χ1v) is 8.44. The van der Waals surface area contributed by atoms with E-state index >= 15 is 0 Å². The Kier molecular flexibility index (Phi) is 7.30. The normalized spacial score (nSPS) is 25.1. The van der Waals surface area contributed by atoms with E-state index in [2.05, 4.69) is 22.1 Å². The van der Waals surface area contributed by atoms with Crippen molar-refractivity contribution in [1.29, 1.82) is 0 Å². The maximum absolute atomic E-state index is 5.89. The van der Waals surface area contributed by atoms with Gasteiger partial charge in [-0.3, -0.25) is 4.99 Å². The summed E-state index contributed by atoms with van der Waals surface area (Å²) in [6.45, 7) is 8.03. The SMILES string of the molecule is CN=C(NCCCOC1CCOCC1)N1CCCC(C)C1. The van der Waals surface area contributed by atoms with Gasteiger partial charge in [0.2, 0.25) is 0 Å². The predicted molar refractivity (Wildman–Crippen MR) is 85.7 cm³/mol. The standard InChI is InChI=1S/C16H31N3O2/c1-14-5-3-9-19(13-14)16(17-2)18-8-4-10-21-15-6-11-20-12-7-15/h14-15H,3-13H2,1-2H3,(H,17,18). The summed E-state index contributed by atoms with van der Waals surface area (Å²) in [6, 6.07) is 0. The minimum Gasteiger partial charge on any atom is -0.381 e. The number of piperidine rings is 1. The molecule has 0 spiro atoms. The van der Waals surface area contributed by atoms with Crippen LogP contribution in [0, 0.1) is 5.92 Å². The zero-order chi connectivity index (χ0) is 14.9. The summed E-state index contributed by atoms with van der Waals surface area (Å²) in [6.07, 6.45) is 6.13. The highest BCUT2D eigenvalue weighted by Crippen LogP contribution is 2.15. The number of nitrogens with one attached hydrogen (secondary N) is 1. The molecule has 0 saturated carbocycles. The van der Waals surface area contributed by atoms with E-state index in [1.165, 1.54) is 12.8 Å². The van der Waals surface area contributed by atoms with Crippen molar-refractivity contribution < 1.29 is 9.47 Å². The molecular weight excluding hydrogens is 266 g/mol. The van der Waals surface area contributed by atoms with E-state index in [1.807, 2.05) is 7.05 Å². The van der Waals surface area contributed by atoms with Crippen LogP contribution in [0.1, 0.15) is 39.0 Å². The first-order valence-electron chi connectivity index (χ1n) is 8.44. The molecule has 2 fully saturated rings. The number of rotatable bonds is 5. The molecule has 2 aliphatic rings. The van der Waals surface area contributed by atoms with Gasteiger partial charge in [0.1, 0.15) is 0 Å². The van der Waals surface area contributed by atoms with Crippen molar-refractivity contribution in [3.8, 4) is 0 Å². The molecule has 2 heterocycles. The summed E-state index contributed by atoms with van der Waals surface area (Å²) in [5.41, 5.74) is 0. The third-order valence-corrected chi connectivity index (χ3v) is 4.29. The number of nitrogens with zero attached hydrogens (tertiary/aromatic N) is 2. The van der Waals surface area contributed by atoms with Gasteiger partial charge in [-0.1, -0.05) is 6.92 Å². The zero-order valence-electron chi connectivity index (χ0n) is 13.6. The van der Waals surface area contributed by atoms with Crippen molar-refractivity contribution in [1.82, 2.24) is 10.2 Å². The van der Waals surface area contributed by atoms with E-state index in [9.17, 15) is 0 Å². The Hall–Kier alpha value is -0.810. The van der Waals surface area contributed by atoms with Crippen LogP contribution in [0.4, 0.5) is 0 Å². The van der Waals surface area contributed by atoms with Gasteiger partial charge in [0, 0.05) is 46.5 Å². The molecule has 0 aromatic rings. The molecule has 2 saturated heterocycles. The Morgan fingerprint density at radius 2 is 2.14 bits per heavy atom. The highest BCUT2D eigenvalue weighted by molar-refractivity contribution is 5.79. The van der Waals surface area contributed by atoms with Crippen LogP contribution >= 0.6 is 0 Å².